The zero-order valence-electron chi connectivity index (χ0n) is 16.5. The summed E-state index contributed by atoms with van der Waals surface area (Å²) in [7, 11) is 0. The van der Waals surface area contributed by atoms with Gasteiger partial charge in [-0.05, 0) is 38.8 Å². The van der Waals surface area contributed by atoms with Crippen molar-refractivity contribution in [2.24, 2.45) is 11.8 Å². The summed E-state index contributed by atoms with van der Waals surface area (Å²) in [5, 5.41) is 23.9. The molecule has 2 heterocycles. The Morgan fingerprint density at radius 1 is 1.00 bits per heavy atom. The van der Waals surface area contributed by atoms with Crippen LogP contribution in [0, 0.1) is 11.8 Å². The van der Waals surface area contributed by atoms with E-state index in [4.69, 9.17) is 9.47 Å². The molecule has 4 unspecified atom stereocenters. The van der Waals surface area contributed by atoms with Gasteiger partial charge in [0.2, 0.25) is 0 Å². The molecule has 1 amide bonds. The molecule has 0 saturated carbocycles. The van der Waals surface area contributed by atoms with Crippen LogP contribution in [0.5, 0.6) is 0 Å². The van der Waals surface area contributed by atoms with Crippen molar-refractivity contribution >= 4 is 23.7 Å². The Morgan fingerprint density at radius 2 is 1.46 bits per heavy atom. The SMILES string of the molecule is CC(C)OC(=O)Nc1ccccc1.O=C([O-])C1C2CCC(O2)C1C(=O)[O-].[Na+].[Na+]. The number of carbonyl (C=O) groups excluding carboxylic acids is 3. The molecule has 8 nitrogen and oxygen atoms in total. The van der Waals surface area contributed by atoms with Crippen molar-refractivity contribution in [3.05, 3.63) is 30.3 Å². The number of aliphatic carboxylic acids is 2. The van der Waals surface area contributed by atoms with Crippen LogP contribution in [-0.2, 0) is 19.1 Å². The van der Waals surface area contributed by atoms with Gasteiger partial charge in [-0.25, -0.2) is 4.79 Å². The minimum absolute atomic E-state index is 0. The number of fused-ring (bicyclic) bond motifs is 2. The second-order valence-electron chi connectivity index (χ2n) is 6.43. The third kappa shape index (κ3) is 7.67. The van der Waals surface area contributed by atoms with Crippen molar-refractivity contribution in [3.8, 4) is 0 Å². The predicted octanol–water partition coefficient (Wildman–Crippen LogP) is -6.07. The fraction of sp³-hybridized carbons (Fsp3) is 0.500. The second kappa shape index (κ2) is 12.8. The Hall–Kier alpha value is -0.610. The molecule has 2 bridgehead atoms. The van der Waals surface area contributed by atoms with E-state index in [9.17, 15) is 24.6 Å². The molecule has 10 heteroatoms. The van der Waals surface area contributed by atoms with E-state index >= 15 is 0 Å². The standard InChI is InChI=1S/C10H13NO2.C8H10O5.2Na/c1-8(2)13-10(12)11-9-6-4-3-5-7-9;9-7(10)5-3-1-2-4(13-3)6(5)8(11)12;;/h3-8H,1-2H3,(H,11,12);3-6H,1-2H2,(H,9,10)(H,11,12);;/q;;2*+1/p-2. The van der Waals surface area contributed by atoms with Gasteiger partial charge in [-0.3, -0.25) is 5.32 Å². The van der Waals surface area contributed by atoms with Gasteiger partial charge in [-0.1, -0.05) is 18.2 Å². The van der Waals surface area contributed by atoms with Crippen molar-refractivity contribution < 1.29 is 93.2 Å². The topological polar surface area (TPSA) is 128 Å². The van der Waals surface area contributed by atoms with Gasteiger partial charge >= 0.3 is 65.2 Å². The summed E-state index contributed by atoms with van der Waals surface area (Å²) < 4.78 is 10.1. The Bertz CT molecular complexity index is 631. The number of carboxylic acids is 2. The van der Waals surface area contributed by atoms with E-state index < -0.39 is 42.1 Å². The quantitative estimate of drug-likeness (QED) is 0.490. The maximum absolute atomic E-state index is 11.1. The summed E-state index contributed by atoms with van der Waals surface area (Å²) in [4.78, 5) is 32.3. The summed E-state index contributed by atoms with van der Waals surface area (Å²) in [6.45, 7) is 3.62. The Labute approximate surface area is 207 Å². The number of benzene rings is 1. The zero-order chi connectivity index (χ0) is 19.3. The number of hydrogen-bond acceptors (Lipinski definition) is 7. The van der Waals surface area contributed by atoms with Crippen molar-refractivity contribution in [1.82, 2.24) is 0 Å². The smallest absolute Gasteiger partial charge is 0.550 e. The van der Waals surface area contributed by atoms with Crippen LogP contribution in [-0.4, -0.2) is 36.3 Å². The van der Waals surface area contributed by atoms with Crippen LogP contribution < -0.4 is 74.6 Å². The number of hydrogen-bond donors (Lipinski definition) is 1. The normalized spacial score (nSPS) is 24.1. The van der Waals surface area contributed by atoms with Crippen molar-refractivity contribution in [2.45, 2.75) is 45.0 Å². The third-order valence-corrected chi connectivity index (χ3v) is 4.18. The van der Waals surface area contributed by atoms with Crippen molar-refractivity contribution in [3.63, 3.8) is 0 Å². The summed E-state index contributed by atoms with van der Waals surface area (Å²) in [6.07, 6.45) is -0.277. The van der Waals surface area contributed by atoms with E-state index in [0.29, 0.717) is 12.8 Å². The summed E-state index contributed by atoms with van der Waals surface area (Å²) in [5.74, 6) is -4.74. The Kier molecular flexibility index (Phi) is 12.6. The molecule has 3 rings (SSSR count). The zero-order valence-corrected chi connectivity index (χ0v) is 20.5. The molecular weight excluding hydrogens is 388 g/mol. The Balaban J connectivity index is 0.000000486. The molecule has 1 aromatic carbocycles. The minimum atomic E-state index is -1.35. The van der Waals surface area contributed by atoms with Gasteiger partial charge in [0, 0.05) is 29.5 Å². The van der Waals surface area contributed by atoms with Crippen LogP contribution in [0.25, 0.3) is 0 Å². The molecule has 4 atom stereocenters. The fourth-order valence-corrected chi connectivity index (χ4v) is 3.16. The van der Waals surface area contributed by atoms with Gasteiger partial charge in [0.15, 0.2) is 0 Å². The molecule has 1 N–H and O–H groups in total. The molecule has 142 valence electrons. The number of amides is 1. The molecule has 0 radical (unpaired) electrons. The number of carboxylic acid groups (broad SMARTS) is 2. The van der Waals surface area contributed by atoms with Crippen LogP contribution in [0.4, 0.5) is 10.5 Å². The molecule has 2 saturated heterocycles. The maximum atomic E-state index is 11.1. The van der Waals surface area contributed by atoms with Crippen LogP contribution in [0.15, 0.2) is 30.3 Å². The van der Waals surface area contributed by atoms with E-state index in [1.165, 1.54) is 0 Å². The first kappa shape index (κ1) is 27.4. The first-order valence-corrected chi connectivity index (χ1v) is 8.39. The number of nitrogens with one attached hydrogen (secondary N) is 1. The van der Waals surface area contributed by atoms with E-state index in [-0.39, 0.29) is 65.2 Å². The second-order valence-corrected chi connectivity index (χ2v) is 6.43. The molecule has 2 fully saturated rings. The minimum Gasteiger partial charge on any atom is -0.550 e. The van der Waals surface area contributed by atoms with Crippen LogP contribution in [0.1, 0.15) is 26.7 Å². The maximum Gasteiger partial charge on any atom is 1.00 e. The molecule has 0 aromatic heterocycles. The molecule has 0 aliphatic carbocycles. The number of ether oxygens (including phenoxy) is 2. The van der Waals surface area contributed by atoms with Crippen LogP contribution in [0.3, 0.4) is 0 Å². The van der Waals surface area contributed by atoms with Crippen LogP contribution in [0.2, 0.25) is 0 Å². The molecule has 1 aromatic rings. The van der Waals surface area contributed by atoms with Gasteiger partial charge in [-0.15, -0.1) is 0 Å². The summed E-state index contributed by atoms with van der Waals surface area (Å²) >= 11 is 0. The summed E-state index contributed by atoms with van der Waals surface area (Å²) in [6, 6.07) is 9.21. The van der Waals surface area contributed by atoms with Gasteiger partial charge in [-0.2, -0.15) is 0 Å². The Morgan fingerprint density at radius 3 is 1.86 bits per heavy atom. The largest absolute Gasteiger partial charge is 1.00 e. The van der Waals surface area contributed by atoms with Crippen molar-refractivity contribution in [2.75, 3.05) is 5.32 Å². The summed E-state index contributed by atoms with van der Waals surface area (Å²) in [5.41, 5.74) is 0.744. The van der Waals surface area contributed by atoms with Crippen molar-refractivity contribution in [1.29, 1.82) is 0 Å². The predicted molar refractivity (Wildman–Crippen MR) is 86.6 cm³/mol. The molecule has 0 spiro atoms. The average molecular weight is 409 g/mol. The van der Waals surface area contributed by atoms with E-state index in [1.807, 2.05) is 44.2 Å². The monoisotopic (exact) mass is 409 g/mol. The molecule has 28 heavy (non-hydrogen) atoms. The van der Waals surface area contributed by atoms with Gasteiger partial charge in [0.05, 0.1) is 18.3 Å². The average Bonchev–Trinajstić information content (AvgIpc) is 3.16. The van der Waals surface area contributed by atoms with Gasteiger partial charge < -0.3 is 29.3 Å². The molecular formula is C18H21NNa2O7. The van der Waals surface area contributed by atoms with E-state index in [1.54, 1.807) is 0 Å². The number of carbonyl (C=O) groups is 3. The number of anilines is 1. The molecule has 2 aliphatic heterocycles. The third-order valence-electron chi connectivity index (χ3n) is 4.18. The van der Waals surface area contributed by atoms with E-state index in [0.717, 1.165) is 5.69 Å². The van der Waals surface area contributed by atoms with Gasteiger partial charge in [0.1, 0.15) is 0 Å². The fourth-order valence-electron chi connectivity index (χ4n) is 3.16. The number of para-hydroxylation sites is 1. The van der Waals surface area contributed by atoms with Gasteiger partial charge in [0.25, 0.3) is 0 Å². The molecule has 2 aliphatic rings. The number of rotatable bonds is 4. The first-order valence-electron chi connectivity index (χ1n) is 8.39. The first-order chi connectivity index (χ1) is 12.3. The van der Waals surface area contributed by atoms with E-state index in [2.05, 4.69) is 5.32 Å². The van der Waals surface area contributed by atoms with Crippen LogP contribution >= 0.6 is 0 Å².